The smallest absolute Gasteiger partial charge is 0.416 e. The number of halogens is 3. The van der Waals surface area contributed by atoms with Crippen LogP contribution in [0.5, 0.6) is 5.75 Å². The van der Waals surface area contributed by atoms with Crippen LogP contribution in [0.1, 0.15) is 5.56 Å². The molecule has 0 atom stereocenters. The highest BCUT2D eigenvalue weighted by Gasteiger charge is 2.30. The Kier molecular flexibility index (Phi) is 4.72. The van der Waals surface area contributed by atoms with Crippen molar-refractivity contribution in [2.75, 3.05) is 7.11 Å². The van der Waals surface area contributed by atoms with Crippen molar-refractivity contribution in [3.63, 3.8) is 0 Å². The van der Waals surface area contributed by atoms with Gasteiger partial charge in [-0.25, -0.2) is 9.97 Å². The second-order valence-electron chi connectivity index (χ2n) is 5.98. The van der Waals surface area contributed by atoms with E-state index in [0.29, 0.717) is 15.6 Å². The third kappa shape index (κ3) is 3.68. The van der Waals surface area contributed by atoms with Crippen LogP contribution in [-0.2, 0) is 6.18 Å². The van der Waals surface area contributed by atoms with Crippen molar-refractivity contribution in [2.24, 2.45) is 0 Å². The van der Waals surface area contributed by atoms with Crippen molar-refractivity contribution in [3.8, 4) is 17.0 Å². The minimum Gasteiger partial charge on any atom is -0.497 e. The minimum absolute atomic E-state index is 0.460. The average Bonchev–Trinajstić information content (AvgIpc) is 3.13. The molecule has 0 aliphatic heterocycles. The van der Waals surface area contributed by atoms with Crippen LogP contribution < -0.4 is 4.74 Å². The lowest BCUT2D eigenvalue weighted by Crippen LogP contribution is -2.04. The van der Waals surface area contributed by atoms with Crippen LogP contribution in [0.3, 0.4) is 0 Å². The summed E-state index contributed by atoms with van der Waals surface area (Å²) in [6.07, 6.45) is -2.99. The fraction of sp³-hybridized carbons (Fsp3) is 0.100. The van der Waals surface area contributed by atoms with Gasteiger partial charge in [-0.3, -0.25) is 0 Å². The van der Waals surface area contributed by atoms with Gasteiger partial charge < -0.3 is 9.72 Å². The van der Waals surface area contributed by atoms with Gasteiger partial charge in [-0.15, -0.1) is 0 Å². The van der Waals surface area contributed by atoms with Crippen molar-refractivity contribution in [2.45, 2.75) is 16.1 Å². The highest BCUT2D eigenvalue weighted by molar-refractivity contribution is 7.99. The van der Waals surface area contributed by atoms with E-state index in [1.54, 1.807) is 13.2 Å². The van der Waals surface area contributed by atoms with E-state index in [0.717, 1.165) is 34.5 Å². The van der Waals surface area contributed by atoms with E-state index < -0.39 is 11.7 Å². The van der Waals surface area contributed by atoms with E-state index >= 15 is 0 Å². The van der Waals surface area contributed by atoms with Gasteiger partial charge >= 0.3 is 6.18 Å². The zero-order valence-corrected chi connectivity index (χ0v) is 15.4. The molecule has 1 N–H and O–H groups in total. The van der Waals surface area contributed by atoms with Crippen LogP contribution in [0.15, 0.2) is 70.8 Å². The van der Waals surface area contributed by atoms with E-state index in [4.69, 9.17) is 4.74 Å². The van der Waals surface area contributed by atoms with Crippen LogP contribution in [-0.4, -0.2) is 22.1 Å². The molecule has 28 heavy (non-hydrogen) atoms. The molecule has 0 aliphatic rings. The molecule has 4 nitrogen and oxygen atoms in total. The second kappa shape index (κ2) is 7.20. The van der Waals surface area contributed by atoms with Crippen molar-refractivity contribution in [1.29, 1.82) is 0 Å². The summed E-state index contributed by atoms with van der Waals surface area (Å²) in [7, 11) is 1.60. The third-order valence-electron chi connectivity index (χ3n) is 4.17. The van der Waals surface area contributed by atoms with Crippen LogP contribution in [0.25, 0.3) is 22.3 Å². The molecule has 4 aromatic rings. The Morgan fingerprint density at radius 3 is 2.50 bits per heavy atom. The summed E-state index contributed by atoms with van der Waals surface area (Å²) in [5.74, 6) is 0.750. The summed E-state index contributed by atoms with van der Waals surface area (Å²) in [6.45, 7) is 0. The zero-order valence-electron chi connectivity index (χ0n) is 14.6. The lowest BCUT2D eigenvalue weighted by molar-refractivity contribution is -0.137. The van der Waals surface area contributed by atoms with Gasteiger partial charge in [0.05, 0.1) is 18.1 Å². The molecule has 0 aliphatic carbocycles. The molecule has 0 radical (unpaired) electrons. The number of nitrogens with zero attached hydrogens (tertiary/aromatic N) is 2. The summed E-state index contributed by atoms with van der Waals surface area (Å²) >= 11 is 1.17. The van der Waals surface area contributed by atoms with Crippen LogP contribution in [0.2, 0.25) is 0 Å². The molecule has 4 rings (SSSR count). The Balaban J connectivity index is 1.69. The molecular weight excluding hydrogens is 387 g/mol. The van der Waals surface area contributed by atoms with Gasteiger partial charge in [0, 0.05) is 10.6 Å². The highest BCUT2D eigenvalue weighted by atomic mass is 32.2. The van der Waals surface area contributed by atoms with Gasteiger partial charge in [0.25, 0.3) is 0 Å². The van der Waals surface area contributed by atoms with Gasteiger partial charge in [0.15, 0.2) is 0 Å². The Bertz CT molecular complexity index is 1120. The predicted octanol–water partition coefficient (Wildman–Crippen LogP) is 5.80. The Morgan fingerprint density at radius 1 is 1.00 bits per heavy atom. The molecule has 2 aromatic heterocycles. The largest absolute Gasteiger partial charge is 0.497 e. The Hall–Kier alpha value is -3.00. The molecule has 0 saturated carbocycles. The number of nitrogens with one attached hydrogen (secondary N) is 1. The van der Waals surface area contributed by atoms with Gasteiger partial charge in [0.2, 0.25) is 0 Å². The zero-order chi connectivity index (χ0) is 19.7. The fourth-order valence-electron chi connectivity index (χ4n) is 2.77. The number of hydrogen-bond acceptors (Lipinski definition) is 4. The number of rotatable bonds is 4. The SMILES string of the molecule is COc1ccc(-c2cc3c(Sc4cccc(C(F)(F)F)c4)ncnc3[nH]2)cc1. The Morgan fingerprint density at radius 2 is 1.79 bits per heavy atom. The quantitative estimate of drug-likeness (QED) is 0.439. The number of aromatic amines is 1. The molecule has 142 valence electrons. The number of methoxy groups -OCH3 is 1. The van der Waals surface area contributed by atoms with Crippen LogP contribution in [0, 0.1) is 0 Å². The van der Waals surface area contributed by atoms with E-state index in [1.165, 1.54) is 24.2 Å². The number of ether oxygens (including phenoxy) is 1. The Labute approximate surface area is 162 Å². The summed E-state index contributed by atoms with van der Waals surface area (Å²) in [5, 5.41) is 1.33. The summed E-state index contributed by atoms with van der Waals surface area (Å²) in [4.78, 5) is 12.2. The lowest BCUT2D eigenvalue weighted by Gasteiger charge is -2.08. The molecule has 0 fully saturated rings. The highest BCUT2D eigenvalue weighted by Crippen LogP contribution is 2.36. The van der Waals surface area contributed by atoms with Gasteiger partial charge in [-0.1, -0.05) is 17.8 Å². The number of hydrogen-bond donors (Lipinski definition) is 1. The molecule has 0 spiro atoms. The molecular formula is C20H14F3N3OS. The molecule has 2 aromatic carbocycles. The number of H-pyrrole nitrogens is 1. The maximum atomic E-state index is 13.0. The van der Waals surface area contributed by atoms with E-state index in [9.17, 15) is 13.2 Å². The second-order valence-corrected chi connectivity index (χ2v) is 7.04. The standard InChI is InChI=1S/C20H14F3N3OS/c1-27-14-7-5-12(6-8-14)17-10-16-18(26-17)24-11-25-19(16)28-15-4-2-3-13(9-15)20(21,22)23/h2-11H,1H3,(H,24,25,26). The van der Waals surface area contributed by atoms with Crippen molar-refractivity contribution >= 4 is 22.8 Å². The first-order valence-corrected chi connectivity index (χ1v) is 9.09. The van der Waals surface area contributed by atoms with Gasteiger partial charge in [-0.2, -0.15) is 13.2 Å². The summed E-state index contributed by atoms with van der Waals surface area (Å²) < 4.78 is 44.0. The summed E-state index contributed by atoms with van der Waals surface area (Å²) in [5.41, 5.74) is 1.71. The maximum absolute atomic E-state index is 13.0. The lowest BCUT2D eigenvalue weighted by atomic mass is 10.1. The van der Waals surface area contributed by atoms with E-state index in [2.05, 4.69) is 15.0 Å². The molecule has 0 amide bonds. The number of alkyl halides is 3. The molecule has 0 unspecified atom stereocenters. The fourth-order valence-corrected chi connectivity index (χ4v) is 3.69. The van der Waals surface area contributed by atoms with E-state index in [-0.39, 0.29) is 0 Å². The average molecular weight is 401 g/mol. The molecule has 0 saturated heterocycles. The van der Waals surface area contributed by atoms with Crippen molar-refractivity contribution in [1.82, 2.24) is 15.0 Å². The number of benzene rings is 2. The number of fused-ring (bicyclic) bond motifs is 1. The predicted molar refractivity (Wildman–Crippen MR) is 101 cm³/mol. The monoisotopic (exact) mass is 401 g/mol. The third-order valence-corrected chi connectivity index (χ3v) is 5.17. The topological polar surface area (TPSA) is 50.8 Å². The van der Waals surface area contributed by atoms with Crippen molar-refractivity contribution < 1.29 is 17.9 Å². The first-order valence-electron chi connectivity index (χ1n) is 8.27. The first-order chi connectivity index (χ1) is 13.4. The van der Waals surface area contributed by atoms with Crippen molar-refractivity contribution in [3.05, 3.63) is 66.5 Å². The van der Waals surface area contributed by atoms with E-state index in [1.807, 2.05) is 30.3 Å². The van der Waals surface area contributed by atoms with Gasteiger partial charge in [0.1, 0.15) is 22.7 Å². The van der Waals surface area contributed by atoms with Gasteiger partial charge in [-0.05, 0) is 54.1 Å². The first kappa shape index (κ1) is 18.4. The van der Waals surface area contributed by atoms with Crippen LogP contribution in [0.4, 0.5) is 13.2 Å². The molecule has 2 heterocycles. The molecule has 0 bridgehead atoms. The van der Waals surface area contributed by atoms with Crippen LogP contribution >= 0.6 is 11.8 Å². The number of aromatic nitrogens is 3. The minimum atomic E-state index is -4.38. The molecule has 8 heteroatoms. The maximum Gasteiger partial charge on any atom is 0.416 e. The summed E-state index contributed by atoms with van der Waals surface area (Å²) in [6, 6.07) is 14.6. The normalized spacial score (nSPS) is 11.7.